The minimum atomic E-state index is -0.770. The summed E-state index contributed by atoms with van der Waals surface area (Å²) in [5.41, 5.74) is 12.9. The van der Waals surface area contributed by atoms with Crippen LogP contribution in [-0.4, -0.2) is 33.3 Å². The second kappa shape index (κ2) is 9.08. The van der Waals surface area contributed by atoms with Crippen molar-refractivity contribution in [1.29, 1.82) is 0 Å². The van der Waals surface area contributed by atoms with Crippen molar-refractivity contribution in [3.05, 3.63) is 41.8 Å². The lowest BCUT2D eigenvalue weighted by Crippen LogP contribution is -2.31. The first-order valence-electron chi connectivity index (χ1n) is 10.0. The standard InChI is InChI=1S/C21H28FN7O/c1-4-29-18-6-5-14(8-13(18)11-25-29)26-20-16(19(24)30)9-17(22)21(28-20)27-15(10-23)7-12(2)3/h5-6,8-9,11-12,15H,4,7,10,23H2,1-3H3,(H2,24,30)(H2,26,27,28)/t15-/m1/s1. The molecular formula is C21H28FN7O. The normalized spacial score (nSPS) is 12.3. The third-order valence-electron chi connectivity index (χ3n) is 4.83. The van der Waals surface area contributed by atoms with Crippen LogP contribution < -0.4 is 22.1 Å². The Morgan fingerprint density at radius 2 is 2.03 bits per heavy atom. The highest BCUT2D eigenvalue weighted by Gasteiger charge is 2.19. The molecular weight excluding hydrogens is 385 g/mol. The van der Waals surface area contributed by atoms with Gasteiger partial charge in [0.25, 0.3) is 5.91 Å². The lowest BCUT2D eigenvalue weighted by molar-refractivity contribution is 0.100. The van der Waals surface area contributed by atoms with E-state index >= 15 is 0 Å². The van der Waals surface area contributed by atoms with Crippen LogP contribution in [0.15, 0.2) is 30.5 Å². The summed E-state index contributed by atoms with van der Waals surface area (Å²) in [7, 11) is 0. The van der Waals surface area contributed by atoms with Crippen LogP contribution in [0.1, 0.15) is 37.6 Å². The Kier molecular flexibility index (Phi) is 6.51. The molecule has 0 spiro atoms. The van der Waals surface area contributed by atoms with Gasteiger partial charge >= 0.3 is 0 Å². The number of nitrogens with one attached hydrogen (secondary N) is 2. The average molecular weight is 414 g/mol. The fraction of sp³-hybridized carbons (Fsp3) is 0.381. The largest absolute Gasteiger partial charge is 0.365 e. The molecule has 160 valence electrons. The van der Waals surface area contributed by atoms with Gasteiger partial charge < -0.3 is 22.1 Å². The van der Waals surface area contributed by atoms with Crippen LogP contribution in [0.3, 0.4) is 0 Å². The summed E-state index contributed by atoms with van der Waals surface area (Å²) in [6.45, 7) is 7.23. The van der Waals surface area contributed by atoms with Gasteiger partial charge in [0.15, 0.2) is 11.6 Å². The summed E-state index contributed by atoms with van der Waals surface area (Å²) in [6.07, 6.45) is 2.53. The van der Waals surface area contributed by atoms with E-state index < -0.39 is 11.7 Å². The van der Waals surface area contributed by atoms with Gasteiger partial charge in [0.1, 0.15) is 5.82 Å². The molecule has 0 aliphatic carbocycles. The van der Waals surface area contributed by atoms with Crippen molar-refractivity contribution in [3.63, 3.8) is 0 Å². The second-order valence-corrected chi connectivity index (χ2v) is 7.64. The quantitative estimate of drug-likeness (QED) is 0.427. The zero-order chi connectivity index (χ0) is 21.8. The Morgan fingerprint density at radius 1 is 1.27 bits per heavy atom. The van der Waals surface area contributed by atoms with Crippen LogP contribution in [0.4, 0.5) is 21.7 Å². The molecule has 0 unspecified atom stereocenters. The van der Waals surface area contributed by atoms with E-state index in [0.717, 1.165) is 29.9 Å². The Bertz CT molecular complexity index is 1050. The molecule has 3 rings (SSSR count). The number of primary amides is 1. The molecule has 0 fully saturated rings. The molecule has 0 saturated heterocycles. The summed E-state index contributed by atoms with van der Waals surface area (Å²) < 4.78 is 16.5. The molecule has 0 aliphatic heterocycles. The summed E-state index contributed by atoms with van der Waals surface area (Å²) in [6, 6.07) is 6.61. The average Bonchev–Trinajstić information content (AvgIpc) is 3.11. The van der Waals surface area contributed by atoms with Gasteiger partial charge in [-0.05, 0) is 43.5 Å². The van der Waals surface area contributed by atoms with Crippen LogP contribution in [0.25, 0.3) is 10.9 Å². The van der Waals surface area contributed by atoms with Crippen molar-refractivity contribution in [2.75, 3.05) is 17.2 Å². The van der Waals surface area contributed by atoms with Gasteiger partial charge in [0.05, 0.1) is 17.3 Å². The highest BCUT2D eigenvalue weighted by atomic mass is 19.1. The molecule has 1 atom stereocenters. The fourth-order valence-corrected chi connectivity index (χ4v) is 3.40. The zero-order valence-corrected chi connectivity index (χ0v) is 17.4. The lowest BCUT2D eigenvalue weighted by Gasteiger charge is -2.21. The van der Waals surface area contributed by atoms with Crippen LogP contribution in [0.5, 0.6) is 0 Å². The van der Waals surface area contributed by atoms with Crippen molar-refractivity contribution in [2.45, 2.75) is 39.8 Å². The Hall–Kier alpha value is -3.20. The van der Waals surface area contributed by atoms with E-state index in [1.165, 1.54) is 0 Å². The first kappa shape index (κ1) is 21.5. The van der Waals surface area contributed by atoms with Crippen molar-refractivity contribution in [3.8, 4) is 0 Å². The van der Waals surface area contributed by atoms with Crippen molar-refractivity contribution < 1.29 is 9.18 Å². The SMILES string of the molecule is CCn1ncc2cc(Nc3nc(N[C@@H](CN)CC(C)C)c(F)cc3C(N)=O)ccc21. The number of carbonyl (C=O) groups excluding carboxylic acids is 1. The topological polar surface area (TPSA) is 124 Å². The maximum Gasteiger partial charge on any atom is 0.252 e. The number of halogens is 1. The van der Waals surface area contributed by atoms with E-state index in [1.54, 1.807) is 6.20 Å². The van der Waals surface area contributed by atoms with E-state index in [2.05, 4.69) is 34.6 Å². The van der Waals surface area contributed by atoms with E-state index in [9.17, 15) is 9.18 Å². The van der Waals surface area contributed by atoms with Gasteiger partial charge in [-0.25, -0.2) is 9.37 Å². The number of carbonyl (C=O) groups is 1. The maximum atomic E-state index is 14.6. The van der Waals surface area contributed by atoms with E-state index in [1.807, 2.05) is 29.8 Å². The van der Waals surface area contributed by atoms with Crippen molar-refractivity contribution >= 4 is 34.1 Å². The van der Waals surface area contributed by atoms with Gasteiger partial charge in [0, 0.05) is 30.2 Å². The lowest BCUT2D eigenvalue weighted by atomic mass is 10.0. The maximum absolute atomic E-state index is 14.6. The molecule has 3 aromatic rings. The minimum absolute atomic E-state index is 0.0264. The third-order valence-corrected chi connectivity index (χ3v) is 4.83. The number of anilines is 3. The molecule has 1 aromatic carbocycles. The van der Waals surface area contributed by atoms with Gasteiger partial charge in [-0.1, -0.05) is 13.8 Å². The smallest absolute Gasteiger partial charge is 0.252 e. The predicted molar refractivity (Wildman–Crippen MR) is 117 cm³/mol. The molecule has 0 bridgehead atoms. The Morgan fingerprint density at radius 3 is 2.67 bits per heavy atom. The van der Waals surface area contributed by atoms with Crippen LogP contribution in [-0.2, 0) is 6.54 Å². The number of hydrogen-bond acceptors (Lipinski definition) is 6. The molecule has 2 heterocycles. The number of rotatable bonds is 9. The van der Waals surface area contributed by atoms with Crippen molar-refractivity contribution in [1.82, 2.24) is 14.8 Å². The number of hydrogen-bond donors (Lipinski definition) is 4. The molecule has 2 aromatic heterocycles. The van der Waals surface area contributed by atoms with Crippen LogP contribution >= 0.6 is 0 Å². The molecule has 0 saturated carbocycles. The minimum Gasteiger partial charge on any atom is -0.365 e. The summed E-state index contributed by atoms with van der Waals surface area (Å²) in [5.74, 6) is -0.844. The number of aryl methyl sites for hydroxylation is 1. The number of nitrogens with zero attached hydrogens (tertiary/aromatic N) is 3. The highest BCUT2D eigenvalue weighted by Crippen LogP contribution is 2.26. The second-order valence-electron chi connectivity index (χ2n) is 7.64. The van der Waals surface area contributed by atoms with Crippen LogP contribution in [0, 0.1) is 11.7 Å². The van der Waals surface area contributed by atoms with E-state index in [0.29, 0.717) is 18.2 Å². The predicted octanol–water partition coefficient (Wildman–Crippen LogP) is 3.22. The molecule has 9 heteroatoms. The zero-order valence-electron chi connectivity index (χ0n) is 17.4. The molecule has 1 amide bonds. The molecule has 30 heavy (non-hydrogen) atoms. The fourth-order valence-electron chi connectivity index (χ4n) is 3.40. The first-order chi connectivity index (χ1) is 14.3. The van der Waals surface area contributed by atoms with Crippen LogP contribution in [0.2, 0.25) is 0 Å². The van der Waals surface area contributed by atoms with Gasteiger partial charge in [-0.2, -0.15) is 5.10 Å². The number of pyridine rings is 1. The summed E-state index contributed by atoms with van der Waals surface area (Å²) in [5, 5.41) is 11.4. The van der Waals surface area contributed by atoms with Gasteiger partial charge in [0.2, 0.25) is 0 Å². The third kappa shape index (κ3) is 4.68. The Balaban J connectivity index is 1.94. The molecule has 0 radical (unpaired) electrons. The van der Waals surface area contributed by atoms with Crippen molar-refractivity contribution in [2.24, 2.45) is 17.4 Å². The highest BCUT2D eigenvalue weighted by molar-refractivity contribution is 5.99. The number of nitrogens with two attached hydrogens (primary N) is 2. The van der Waals surface area contributed by atoms with E-state index in [-0.39, 0.29) is 23.2 Å². The Labute approximate surface area is 174 Å². The first-order valence-corrected chi connectivity index (χ1v) is 10.0. The number of aromatic nitrogens is 3. The molecule has 0 aliphatic rings. The van der Waals surface area contributed by atoms with Gasteiger partial charge in [-0.3, -0.25) is 9.48 Å². The monoisotopic (exact) mass is 413 g/mol. The summed E-state index contributed by atoms with van der Waals surface area (Å²) in [4.78, 5) is 16.2. The summed E-state index contributed by atoms with van der Waals surface area (Å²) >= 11 is 0. The van der Waals surface area contributed by atoms with E-state index in [4.69, 9.17) is 11.5 Å². The van der Waals surface area contributed by atoms with Gasteiger partial charge in [-0.15, -0.1) is 0 Å². The number of benzene rings is 1. The molecule has 6 N–H and O–H groups in total. The number of amides is 1. The molecule has 8 nitrogen and oxygen atoms in total. The number of fused-ring (bicyclic) bond motifs is 1.